The first kappa shape index (κ1) is 24.6. The van der Waals surface area contributed by atoms with E-state index in [-0.39, 0.29) is 30.3 Å². The third-order valence-corrected chi connectivity index (χ3v) is 5.94. The van der Waals surface area contributed by atoms with Gasteiger partial charge in [0.15, 0.2) is 0 Å². The predicted molar refractivity (Wildman–Crippen MR) is 126 cm³/mol. The molecule has 7 nitrogen and oxygen atoms in total. The molecule has 0 amide bonds. The Bertz CT molecular complexity index is 1160. The SMILES string of the molecule is CN(C)c1nc(N[C@H]2CC[C@@H](C(=O)OCc3ccc(OC(F)(F)F)cc3)CC2)nc2ccccc12. The number of para-hydroxylation sites is 1. The Labute approximate surface area is 201 Å². The van der Waals surface area contributed by atoms with Gasteiger partial charge in [-0.3, -0.25) is 4.79 Å². The maximum atomic E-state index is 12.5. The minimum Gasteiger partial charge on any atom is -0.461 e. The lowest BCUT2D eigenvalue weighted by Crippen LogP contribution is -2.31. The summed E-state index contributed by atoms with van der Waals surface area (Å²) in [6.07, 6.45) is -1.85. The van der Waals surface area contributed by atoms with Crippen molar-refractivity contribution in [1.29, 1.82) is 0 Å². The minimum atomic E-state index is -4.74. The zero-order valence-corrected chi connectivity index (χ0v) is 19.5. The van der Waals surface area contributed by atoms with Gasteiger partial charge >= 0.3 is 12.3 Å². The molecule has 2 aromatic carbocycles. The fourth-order valence-electron chi connectivity index (χ4n) is 4.18. The first-order valence-electron chi connectivity index (χ1n) is 11.4. The summed E-state index contributed by atoms with van der Waals surface area (Å²) in [5.74, 6) is 0.586. The number of alkyl halides is 3. The fourth-order valence-corrected chi connectivity index (χ4v) is 4.18. The molecule has 1 saturated carbocycles. The number of aromatic nitrogens is 2. The molecule has 186 valence electrons. The predicted octanol–water partition coefficient (Wildman–Crippen LogP) is 5.31. The first-order valence-corrected chi connectivity index (χ1v) is 11.4. The zero-order valence-electron chi connectivity index (χ0n) is 19.5. The number of carbonyl (C=O) groups excluding carboxylic acids is 1. The van der Waals surface area contributed by atoms with E-state index in [2.05, 4.69) is 20.0 Å². The van der Waals surface area contributed by atoms with Crippen molar-refractivity contribution in [1.82, 2.24) is 9.97 Å². The number of hydrogen-bond donors (Lipinski definition) is 1. The Hall–Kier alpha value is -3.56. The summed E-state index contributed by atoms with van der Waals surface area (Å²) in [6, 6.07) is 13.3. The van der Waals surface area contributed by atoms with Crippen LogP contribution in [-0.2, 0) is 16.1 Å². The van der Waals surface area contributed by atoms with Crippen LogP contribution in [-0.4, -0.2) is 42.4 Å². The molecule has 1 aliphatic rings. The molecule has 0 bridgehead atoms. The number of esters is 1. The van der Waals surface area contributed by atoms with E-state index in [9.17, 15) is 18.0 Å². The lowest BCUT2D eigenvalue weighted by atomic mass is 9.86. The van der Waals surface area contributed by atoms with Gasteiger partial charge in [0.1, 0.15) is 18.2 Å². The van der Waals surface area contributed by atoms with E-state index in [0.29, 0.717) is 24.4 Å². The number of ether oxygens (including phenoxy) is 2. The Kier molecular flexibility index (Phi) is 7.28. The molecule has 0 aliphatic heterocycles. The fraction of sp³-hybridized carbons (Fsp3) is 0.400. The summed E-state index contributed by atoms with van der Waals surface area (Å²) in [4.78, 5) is 23.8. The molecule has 1 fully saturated rings. The molecule has 1 N–H and O–H groups in total. The van der Waals surface area contributed by atoms with Crippen LogP contribution in [0, 0.1) is 5.92 Å². The second kappa shape index (κ2) is 10.4. The number of hydrogen-bond acceptors (Lipinski definition) is 7. The minimum absolute atomic E-state index is 0.00154. The van der Waals surface area contributed by atoms with E-state index in [1.54, 1.807) is 0 Å². The van der Waals surface area contributed by atoms with E-state index in [1.807, 2.05) is 43.3 Å². The van der Waals surface area contributed by atoms with Gasteiger partial charge in [-0.05, 0) is 55.5 Å². The molecular weight excluding hydrogens is 461 g/mol. The van der Waals surface area contributed by atoms with Gasteiger partial charge in [-0.25, -0.2) is 4.98 Å². The normalized spacial score (nSPS) is 18.2. The van der Waals surface area contributed by atoms with Crippen LogP contribution >= 0.6 is 0 Å². The quantitative estimate of drug-likeness (QED) is 0.452. The molecule has 35 heavy (non-hydrogen) atoms. The third-order valence-electron chi connectivity index (χ3n) is 5.94. The van der Waals surface area contributed by atoms with Crippen LogP contribution < -0.4 is 15.0 Å². The second-order valence-corrected chi connectivity index (χ2v) is 8.77. The maximum Gasteiger partial charge on any atom is 0.573 e. The van der Waals surface area contributed by atoms with Crippen molar-refractivity contribution in [3.05, 3.63) is 54.1 Å². The van der Waals surface area contributed by atoms with Crippen LogP contribution in [0.3, 0.4) is 0 Å². The molecule has 0 atom stereocenters. The summed E-state index contributed by atoms with van der Waals surface area (Å²) >= 11 is 0. The van der Waals surface area contributed by atoms with Crippen molar-refractivity contribution >= 4 is 28.6 Å². The lowest BCUT2D eigenvalue weighted by molar-refractivity contribution is -0.274. The molecule has 1 heterocycles. The van der Waals surface area contributed by atoms with E-state index >= 15 is 0 Å². The summed E-state index contributed by atoms with van der Waals surface area (Å²) in [6.45, 7) is 0.00154. The topological polar surface area (TPSA) is 76.6 Å². The molecule has 4 rings (SSSR count). The van der Waals surface area contributed by atoms with Crippen molar-refractivity contribution in [3.63, 3.8) is 0 Å². The summed E-state index contributed by atoms with van der Waals surface area (Å²) in [5, 5.41) is 4.40. The van der Waals surface area contributed by atoms with E-state index < -0.39 is 6.36 Å². The molecule has 0 spiro atoms. The molecule has 1 aliphatic carbocycles. The van der Waals surface area contributed by atoms with E-state index in [1.165, 1.54) is 24.3 Å². The molecule has 0 unspecified atom stereocenters. The zero-order chi connectivity index (χ0) is 25.0. The number of halogens is 3. The lowest BCUT2D eigenvalue weighted by Gasteiger charge is -2.28. The highest BCUT2D eigenvalue weighted by Crippen LogP contribution is 2.29. The summed E-state index contributed by atoms with van der Waals surface area (Å²) in [7, 11) is 3.89. The van der Waals surface area contributed by atoms with Gasteiger partial charge in [0.25, 0.3) is 0 Å². The van der Waals surface area contributed by atoms with Crippen molar-refractivity contribution in [2.24, 2.45) is 5.92 Å². The van der Waals surface area contributed by atoms with Gasteiger partial charge < -0.3 is 19.7 Å². The van der Waals surface area contributed by atoms with Crippen LogP contribution in [0.25, 0.3) is 10.9 Å². The molecule has 10 heteroatoms. The summed E-state index contributed by atoms with van der Waals surface area (Å²) in [5.41, 5.74) is 1.46. The van der Waals surface area contributed by atoms with Crippen molar-refractivity contribution < 1.29 is 27.4 Å². The van der Waals surface area contributed by atoms with Crippen molar-refractivity contribution in [2.45, 2.75) is 44.7 Å². The first-order chi connectivity index (χ1) is 16.7. The van der Waals surface area contributed by atoms with Gasteiger partial charge in [0, 0.05) is 25.5 Å². The molecular formula is C25H27F3N4O3. The van der Waals surface area contributed by atoms with Crippen LogP contribution in [0.2, 0.25) is 0 Å². The van der Waals surface area contributed by atoms with Crippen LogP contribution in [0.4, 0.5) is 24.9 Å². The van der Waals surface area contributed by atoms with Gasteiger partial charge in [-0.2, -0.15) is 4.98 Å². The number of nitrogens with one attached hydrogen (secondary N) is 1. The second-order valence-electron chi connectivity index (χ2n) is 8.77. The largest absolute Gasteiger partial charge is 0.573 e. The maximum absolute atomic E-state index is 12.5. The van der Waals surface area contributed by atoms with Crippen LogP contribution in [0.15, 0.2) is 48.5 Å². The van der Waals surface area contributed by atoms with Gasteiger partial charge in [0.2, 0.25) is 5.95 Å². The van der Waals surface area contributed by atoms with Crippen LogP contribution in [0.5, 0.6) is 5.75 Å². The molecule has 3 aromatic rings. The van der Waals surface area contributed by atoms with Gasteiger partial charge in [0.05, 0.1) is 11.4 Å². The number of nitrogens with zero attached hydrogens (tertiary/aromatic N) is 3. The number of benzene rings is 2. The monoisotopic (exact) mass is 488 g/mol. The molecule has 1 aromatic heterocycles. The number of carbonyl (C=O) groups is 1. The Morgan fingerprint density at radius 3 is 2.37 bits per heavy atom. The van der Waals surface area contributed by atoms with E-state index in [0.717, 1.165) is 29.6 Å². The van der Waals surface area contributed by atoms with E-state index in [4.69, 9.17) is 4.74 Å². The molecule has 0 radical (unpaired) electrons. The number of rotatable bonds is 7. The van der Waals surface area contributed by atoms with Crippen molar-refractivity contribution in [3.8, 4) is 5.75 Å². The Morgan fingerprint density at radius 1 is 1.03 bits per heavy atom. The Morgan fingerprint density at radius 2 is 1.71 bits per heavy atom. The van der Waals surface area contributed by atoms with Crippen LogP contribution in [0.1, 0.15) is 31.2 Å². The van der Waals surface area contributed by atoms with Gasteiger partial charge in [-0.1, -0.05) is 24.3 Å². The highest BCUT2D eigenvalue weighted by molar-refractivity contribution is 5.90. The van der Waals surface area contributed by atoms with Gasteiger partial charge in [-0.15, -0.1) is 13.2 Å². The highest BCUT2D eigenvalue weighted by Gasteiger charge is 2.31. The summed E-state index contributed by atoms with van der Waals surface area (Å²) < 4.78 is 46.0. The molecule has 0 saturated heterocycles. The number of fused-ring (bicyclic) bond motifs is 1. The average molecular weight is 489 g/mol. The Balaban J connectivity index is 1.28. The highest BCUT2D eigenvalue weighted by atomic mass is 19.4. The average Bonchev–Trinajstić information content (AvgIpc) is 2.82. The third kappa shape index (κ3) is 6.52. The number of anilines is 2. The smallest absolute Gasteiger partial charge is 0.461 e. The standard InChI is InChI=1S/C25H27F3N4O3/c1-32(2)22-20-5-3-4-6-21(20)30-24(31-22)29-18-11-9-17(10-12-18)23(33)34-15-16-7-13-19(14-8-16)35-25(26,27)28/h3-8,13-14,17-18H,9-12,15H2,1-2H3,(H,29,30,31)/t17-,18+. The van der Waals surface area contributed by atoms with Crippen molar-refractivity contribution in [2.75, 3.05) is 24.3 Å².